The van der Waals surface area contributed by atoms with E-state index in [0.717, 1.165) is 51.1 Å². The molecule has 9 nitrogen and oxygen atoms in total. The van der Waals surface area contributed by atoms with Gasteiger partial charge in [-0.05, 0) is 48.4 Å². The molecule has 0 aliphatic carbocycles. The van der Waals surface area contributed by atoms with E-state index in [2.05, 4.69) is 27.3 Å². The van der Waals surface area contributed by atoms with Crippen LogP contribution in [0.3, 0.4) is 0 Å². The summed E-state index contributed by atoms with van der Waals surface area (Å²) in [6.45, 7) is 3.62. The van der Waals surface area contributed by atoms with Crippen molar-refractivity contribution in [3.63, 3.8) is 0 Å². The fraction of sp³-hybridized carbons (Fsp3) is 0.478. The van der Waals surface area contributed by atoms with Gasteiger partial charge in [0.05, 0.1) is 5.60 Å². The third-order valence-corrected chi connectivity index (χ3v) is 6.33. The van der Waals surface area contributed by atoms with Gasteiger partial charge >= 0.3 is 24.3 Å². The number of carbonyl (C=O) groups is 3. The lowest BCUT2D eigenvalue weighted by atomic mass is 9.89. The SMILES string of the molecule is O=C(N[C@H]1CCO[C@]2(CCN(Cc3ccncc3)C2)C1)c1ccsc1.O=C(O)C(F)(F)F.O=C(O)C(F)(F)F. The molecular weight excluding hydrogens is 560 g/mol. The van der Waals surface area contributed by atoms with E-state index in [0.29, 0.717) is 0 Å². The molecule has 2 aliphatic rings. The van der Waals surface area contributed by atoms with Crippen LogP contribution in [0.5, 0.6) is 0 Å². The first kappa shape index (κ1) is 32.0. The number of likely N-dealkylation sites (tertiary alicyclic amines) is 1. The molecule has 2 aliphatic heterocycles. The summed E-state index contributed by atoms with van der Waals surface area (Å²) >= 11 is 1.55. The molecule has 2 atom stereocenters. The topological polar surface area (TPSA) is 129 Å². The van der Waals surface area contributed by atoms with E-state index in [9.17, 15) is 31.1 Å². The Hall–Kier alpha value is -3.24. The molecule has 2 fully saturated rings. The molecule has 0 bridgehead atoms. The lowest BCUT2D eigenvalue weighted by molar-refractivity contribution is -0.193. The molecule has 1 spiro atoms. The van der Waals surface area contributed by atoms with Crippen LogP contribution in [0.15, 0.2) is 41.4 Å². The Morgan fingerprint density at radius 3 is 2.18 bits per heavy atom. The second-order valence-electron chi connectivity index (χ2n) is 8.63. The quantitative estimate of drug-likeness (QED) is 0.460. The van der Waals surface area contributed by atoms with Crippen LogP contribution in [0.25, 0.3) is 0 Å². The molecule has 39 heavy (non-hydrogen) atoms. The number of carboxylic acids is 2. The number of alkyl halides is 6. The molecule has 4 heterocycles. The lowest BCUT2D eigenvalue weighted by Gasteiger charge is -2.38. The molecule has 2 aromatic heterocycles. The Kier molecular flexibility index (Phi) is 11.2. The highest BCUT2D eigenvalue weighted by Crippen LogP contribution is 2.35. The number of amides is 1. The van der Waals surface area contributed by atoms with E-state index in [1.54, 1.807) is 11.3 Å². The van der Waals surface area contributed by atoms with Crippen LogP contribution in [0.2, 0.25) is 0 Å². The van der Waals surface area contributed by atoms with Crippen LogP contribution in [0.4, 0.5) is 26.3 Å². The summed E-state index contributed by atoms with van der Waals surface area (Å²) in [5, 5.41) is 21.3. The number of aromatic nitrogens is 1. The first-order chi connectivity index (χ1) is 18.1. The fourth-order valence-corrected chi connectivity index (χ4v) is 4.54. The third kappa shape index (κ3) is 10.8. The van der Waals surface area contributed by atoms with Gasteiger partial charge < -0.3 is 20.3 Å². The summed E-state index contributed by atoms with van der Waals surface area (Å²) in [6.07, 6.45) is -3.66. The minimum absolute atomic E-state index is 0.0370. The molecule has 2 saturated heterocycles. The Balaban J connectivity index is 0.000000317. The zero-order chi connectivity index (χ0) is 29.3. The molecule has 16 heteroatoms. The van der Waals surface area contributed by atoms with Crippen molar-refractivity contribution in [2.45, 2.75) is 49.8 Å². The average Bonchev–Trinajstić information content (AvgIpc) is 3.50. The van der Waals surface area contributed by atoms with Crippen molar-refractivity contribution in [2.75, 3.05) is 19.7 Å². The van der Waals surface area contributed by atoms with E-state index in [1.807, 2.05) is 29.2 Å². The van der Waals surface area contributed by atoms with Crippen LogP contribution >= 0.6 is 11.3 Å². The first-order valence-corrected chi connectivity index (χ1v) is 12.2. The van der Waals surface area contributed by atoms with Gasteiger partial charge in [-0.25, -0.2) is 9.59 Å². The van der Waals surface area contributed by atoms with Crippen molar-refractivity contribution in [3.05, 3.63) is 52.5 Å². The minimum Gasteiger partial charge on any atom is -0.475 e. The second-order valence-corrected chi connectivity index (χ2v) is 9.41. The number of carbonyl (C=O) groups excluding carboxylic acids is 1. The highest BCUT2D eigenvalue weighted by atomic mass is 32.1. The average molecular weight is 586 g/mol. The standard InChI is InChI=1S/C19H23N3O2S.2C2HF3O2/c23-18(16-4-10-25-13-16)21-17-3-9-24-19(11-17)5-8-22(14-19)12-15-1-6-20-7-2-15;2*3-2(4,5)1(6)7/h1-2,4,6-7,10,13,17H,3,5,8-9,11-12,14H2,(H,21,23);2*(H,6,7)/t17-,19+;;/m0../s1. The van der Waals surface area contributed by atoms with Gasteiger partial charge in [0.1, 0.15) is 0 Å². The Morgan fingerprint density at radius 1 is 1.08 bits per heavy atom. The van der Waals surface area contributed by atoms with Crippen LogP contribution < -0.4 is 5.32 Å². The van der Waals surface area contributed by atoms with E-state index in [-0.39, 0.29) is 17.6 Å². The number of ether oxygens (including phenoxy) is 1. The molecule has 1 amide bonds. The highest BCUT2D eigenvalue weighted by Gasteiger charge is 2.43. The van der Waals surface area contributed by atoms with Gasteiger partial charge in [-0.1, -0.05) is 0 Å². The maximum atomic E-state index is 12.3. The number of hydrogen-bond donors (Lipinski definition) is 3. The third-order valence-electron chi connectivity index (χ3n) is 5.65. The number of thiophene rings is 1. The predicted octanol–water partition coefficient (Wildman–Crippen LogP) is 3.96. The summed E-state index contributed by atoms with van der Waals surface area (Å²) in [4.78, 5) is 36.6. The lowest BCUT2D eigenvalue weighted by Crippen LogP contribution is -2.49. The summed E-state index contributed by atoms with van der Waals surface area (Å²) in [5.74, 6) is -5.48. The molecule has 4 rings (SSSR count). The summed E-state index contributed by atoms with van der Waals surface area (Å²) < 4.78 is 69.7. The Labute approximate surface area is 222 Å². The van der Waals surface area contributed by atoms with Crippen molar-refractivity contribution in [1.82, 2.24) is 15.2 Å². The van der Waals surface area contributed by atoms with Crippen LogP contribution in [-0.2, 0) is 20.9 Å². The van der Waals surface area contributed by atoms with Gasteiger partial charge in [0.25, 0.3) is 5.91 Å². The fourth-order valence-electron chi connectivity index (χ4n) is 3.91. The molecule has 0 saturated carbocycles. The minimum atomic E-state index is -5.08. The van der Waals surface area contributed by atoms with E-state index < -0.39 is 24.3 Å². The summed E-state index contributed by atoms with van der Waals surface area (Å²) in [6, 6.07) is 6.20. The number of pyridine rings is 1. The van der Waals surface area contributed by atoms with Gasteiger partial charge in [-0.2, -0.15) is 37.7 Å². The van der Waals surface area contributed by atoms with Gasteiger partial charge in [0, 0.05) is 55.6 Å². The number of carboxylic acid groups (broad SMARTS) is 2. The number of aliphatic carboxylic acids is 2. The van der Waals surface area contributed by atoms with Crippen molar-refractivity contribution in [1.29, 1.82) is 0 Å². The number of nitrogens with zero attached hydrogens (tertiary/aromatic N) is 2. The van der Waals surface area contributed by atoms with Gasteiger partial charge in [0.2, 0.25) is 0 Å². The molecular formula is C23H25F6N3O6S. The van der Waals surface area contributed by atoms with Gasteiger partial charge in [0.15, 0.2) is 0 Å². The summed E-state index contributed by atoms with van der Waals surface area (Å²) in [5.41, 5.74) is 1.93. The predicted molar refractivity (Wildman–Crippen MR) is 125 cm³/mol. The van der Waals surface area contributed by atoms with Gasteiger partial charge in [-0.3, -0.25) is 14.7 Å². The number of halogens is 6. The number of rotatable bonds is 4. The van der Waals surface area contributed by atoms with E-state index in [1.165, 1.54) is 5.56 Å². The van der Waals surface area contributed by atoms with Crippen molar-refractivity contribution >= 4 is 29.2 Å². The van der Waals surface area contributed by atoms with Gasteiger partial charge in [-0.15, -0.1) is 0 Å². The molecule has 2 aromatic rings. The molecule has 216 valence electrons. The highest BCUT2D eigenvalue weighted by molar-refractivity contribution is 7.08. The monoisotopic (exact) mass is 585 g/mol. The van der Waals surface area contributed by atoms with E-state index in [4.69, 9.17) is 24.5 Å². The molecule has 0 aromatic carbocycles. The largest absolute Gasteiger partial charge is 0.490 e. The number of hydrogen-bond acceptors (Lipinski definition) is 7. The normalized spacial score (nSPS) is 21.2. The van der Waals surface area contributed by atoms with E-state index >= 15 is 0 Å². The molecule has 0 radical (unpaired) electrons. The van der Waals surface area contributed by atoms with Crippen molar-refractivity contribution < 1.29 is 55.7 Å². The Bertz CT molecular complexity index is 1060. The zero-order valence-corrected chi connectivity index (χ0v) is 21.0. The Morgan fingerprint density at radius 2 is 1.67 bits per heavy atom. The maximum Gasteiger partial charge on any atom is 0.490 e. The summed E-state index contributed by atoms with van der Waals surface area (Å²) in [7, 11) is 0. The number of nitrogens with one attached hydrogen (secondary N) is 1. The van der Waals surface area contributed by atoms with Crippen LogP contribution in [-0.4, -0.2) is 81.6 Å². The maximum absolute atomic E-state index is 12.3. The zero-order valence-electron chi connectivity index (χ0n) is 20.2. The smallest absolute Gasteiger partial charge is 0.475 e. The molecule has 0 unspecified atom stereocenters. The van der Waals surface area contributed by atoms with Crippen molar-refractivity contribution in [2.24, 2.45) is 0 Å². The van der Waals surface area contributed by atoms with Crippen LogP contribution in [0, 0.1) is 0 Å². The second kappa shape index (κ2) is 13.7. The first-order valence-electron chi connectivity index (χ1n) is 11.3. The molecule has 3 N–H and O–H groups in total. The van der Waals surface area contributed by atoms with Crippen molar-refractivity contribution in [3.8, 4) is 0 Å². The van der Waals surface area contributed by atoms with Crippen LogP contribution in [0.1, 0.15) is 35.2 Å².